The van der Waals surface area contributed by atoms with Gasteiger partial charge in [-0.2, -0.15) is 5.10 Å². The second kappa shape index (κ2) is 10.2. The number of ether oxygens (including phenoxy) is 2. The van der Waals surface area contributed by atoms with Crippen LogP contribution in [0.3, 0.4) is 0 Å². The molecule has 0 aliphatic rings. The van der Waals surface area contributed by atoms with E-state index in [1.165, 1.54) is 0 Å². The smallest absolute Gasteiger partial charge is 0.240 e. The van der Waals surface area contributed by atoms with Crippen molar-refractivity contribution in [2.45, 2.75) is 26.7 Å². The van der Waals surface area contributed by atoms with E-state index in [1.807, 2.05) is 26.0 Å². The van der Waals surface area contributed by atoms with E-state index >= 15 is 0 Å². The molecule has 0 saturated heterocycles. The van der Waals surface area contributed by atoms with E-state index in [0.717, 1.165) is 22.4 Å². The molecule has 0 spiro atoms. The van der Waals surface area contributed by atoms with Gasteiger partial charge in [0.2, 0.25) is 5.91 Å². The van der Waals surface area contributed by atoms with Crippen molar-refractivity contribution in [3.8, 4) is 11.5 Å². The van der Waals surface area contributed by atoms with Crippen LogP contribution in [0.4, 0.5) is 0 Å². The molecule has 0 aromatic heterocycles. The van der Waals surface area contributed by atoms with Crippen molar-refractivity contribution in [2.24, 2.45) is 5.10 Å². The lowest BCUT2D eigenvalue weighted by Gasteiger charge is -2.09. The number of carbonyl (C=O) groups excluding carboxylic acids is 1. The molecule has 0 saturated carbocycles. The summed E-state index contributed by atoms with van der Waals surface area (Å²) in [5, 5.41) is 5.01. The van der Waals surface area contributed by atoms with Gasteiger partial charge >= 0.3 is 0 Å². The lowest BCUT2D eigenvalue weighted by Crippen LogP contribution is -2.18. The van der Waals surface area contributed by atoms with Crippen LogP contribution in [0.1, 0.15) is 29.5 Å². The fourth-order valence-corrected chi connectivity index (χ4v) is 2.88. The first-order valence-corrected chi connectivity index (χ1v) is 9.22. The van der Waals surface area contributed by atoms with Crippen LogP contribution >= 0.6 is 23.2 Å². The van der Waals surface area contributed by atoms with Crippen molar-refractivity contribution in [1.82, 2.24) is 5.43 Å². The maximum Gasteiger partial charge on any atom is 0.240 e. The number of benzene rings is 2. The molecule has 2 aromatic carbocycles. The van der Waals surface area contributed by atoms with Gasteiger partial charge < -0.3 is 9.47 Å². The highest BCUT2D eigenvalue weighted by molar-refractivity contribution is 6.35. The molecular formula is C20H22Cl2N2O3. The van der Waals surface area contributed by atoms with Gasteiger partial charge in [-0.1, -0.05) is 23.2 Å². The zero-order chi connectivity index (χ0) is 19.8. The number of halogens is 2. The molecule has 5 nitrogen and oxygen atoms in total. The molecule has 0 atom stereocenters. The van der Waals surface area contributed by atoms with Crippen LogP contribution in [0, 0.1) is 13.8 Å². The first kappa shape index (κ1) is 21.1. The highest BCUT2D eigenvalue weighted by atomic mass is 35.5. The molecule has 0 radical (unpaired) electrons. The van der Waals surface area contributed by atoms with Crippen molar-refractivity contribution in [3.63, 3.8) is 0 Å². The summed E-state index contributed by atoms with van der Waals surface area (Å²) in [5.41, 5.74) is 5.55. The highest BCUT2D eigenvalue weighted by Crippen LogP contribution is 2.27. The Bertz CT molecular complexity index is 838. The van der Waals surface area contributed by atoms with Crippen molar-refractivity contribution in [1.29, 1.82) is 0 Å². The van der Waals surface area contributed by atoms with Gasteiger partial charge in [-0.3, -0.25) is 4.79 Å². The summed E-state index contributed by atoms with van der Waals surface area (Å²) in [5.74, 6) is 1.19. The zero-order valence-corrected chi connectivity index (χ0v) is 17.0. The van der Waals surface area contributed by atoms with Crippen LogP contribution in [-0.2, 0) is 4.79 Å². The Morgan fingerprint density at radius 3 is 2.59 bits per heavy atom. The topological polar surface area (TPSA) is 59.9 Å². The molecule has 0 fully saturated rings. The number of rotatable bonds is 8. The summed E-state index contributed by atoms with van der Waals surface area (Å²) in [6, 6.07) is 8.80. The minimum atomic E-state index is -0.181. The third kappa shape index (κ3) is 6.15. The zero-order valence-electron chi connectivity index (χ0n) is 15.5. The Morgan fingerprint density at radius 2 is 1.89 bits per heavy atom. The lowest BCUT2D eigenvalue weighted by atomic mass is 10.0. The summed E-state index contributed by atoms with van der Waals surface area (Å²) in [7, 11) is 1.64. The van der Waals surface area contributed by atoms with Crippen LogP contribution in [0.2, 0.25) is 10.0 Å². The van der Waals surface area contributed by atoms with Gasteiger partial charge in [0.05, 0.1) is 25.0 Å². The van der Waals surface area contributed by atoms with Crippen molar-refractivity contribution in [2.75, 3.05) is 13.7 Å². The first-order chi connectivity index (χ1) is 12.9. The summed E-state index contributed by atoms with van der Waals surface area (Å²) in [6.07, 6.45) is 2.47. The Kier molecular flexibility index (Phi) is 7.95. The quantitative estimate of drug-likeness (QED) is 0.382. The number of carbonyl (C=O) groups is 1. The van der Waals surface area contributed by atoms with Crippen LogP contribution in [0.25, 0.3) is 0 Å². The summed E-state index contributed by atoms with van der Waals surface area (Å²) < 4.78 is 10.8. The molecule has 2 aromatic rings. The van der Waals surface area contributed by atoms with Gasteiger partial charge in [0, 0.05) is 11.4 Å². The molecule has 2 rings (SSSR count). The predicted molar refractivity (Wildman–Crippen MR) is 109 cm³/mol. The number of hydrazone groups is 1. The third-order valence-electron chi connectivity index (χ3n) is 4.09. The van der Waals surface area contributed by atoms with Gasteiger partial charge in [0.25, 0.3) is 0 Å². The van der Waals surface area contributed by atoms with E-state index in [4.69, 9.17) is 32.7 Å². The van der Waals surface area contributed by atoms with E-state index in [0.29, 0.717) is 35.2 Å². The van der Waals surface area contributed by atoms with Crippen LogP contribution in [0.15, 0.2) is 35.4 Å². The molecule has 0 unspecified atom stereocenters. The van der Waals surface area contributed by atoms with E-state index in [-0.39, 0.29) is 5.91 Å². The Labute approximate surface area is 169 Å². The Balaban J connectivity index is 1.76. The van der Waals surface area contributed by atoms with Gasteiger partial charge in [0.15, 0.2) is 0 Å². The van der Waals surface area contributed by atoms with E-state index in [2.05, 4.69) is 10.5 Å². The number of hydrogen-bond donors (Lipinski definition) is 1. The van der Waals surface area contributed by atoms with Gasteiger partial charge in [-0.05, 0) is 67.3 Å². The highest BCUT2D eigenvalue weighted by Gasteiger charge is 2.06. The van der Waals surface area contributed by atoms with E-state index in [9.17, 15) is 4.79 Å². The number of methoxy groups -OCH3 is 1. The Morgan fingerprint density at radius 1 is 1.15 bits per heavy atom. The predicted octanol–water partition coefficient (Wildman–Crippen LogP) is 4.93. The molecule has 0 bridgehead atoms. The lowest BCUT2D eigenvalue weighted by molar-refractivity contribution is -0.121. The normalized spacial score (nSPS) is 10.9. The standard InChI is InChI=1S/C20H22Cl2N2O3/c1-13-14(2)18(26-3)8-6-15(13)12-23-24-20(25)5-4-10-27-19-9-7-16(21)11-17(19)22/h6-9,11-12H,4-5,10H2,1-3H3,(H,24,25)/b23-12+. The molecule has 7 heteroatoms. The van der Waals surface area contributed by atoms with Gasteiger partial charge in [-0.25, -0.2) is 5.43 Å². The fraction of sp³-hybridized carbons (Fsp3) is 0.300. The molecule has 144 valence electrons. The third-order valence-corrected chi connectivity index (χ3v) is 4.62. The molecule has 0 aliphatic heterocycles. The Hall–Kier alpha value is -2.24. The SMILES string of the molecule is COc1ccc(/C=N/NC(=O)CCCOc2ccc(Cl)cc2Cl)c(C)c1C. The second-order valence-electron chi connectivity index (χ2n) is 5.93. The molecule has 1 amide bonds. The monoisotopic (exact) mass is 408 g/mol. The molecule has 1 N–H and O–H groups in total. The summed E-state index contributed by atoms with van der Waals surface area (Å²) >= 11 is 11.9. The van der Waals surface area contributed by atoms with Crippen LogP contribution < -0.4 is 14.9 Å². The first-order valence-electron chi connectivity index (χ1n) is 8.46. The van der Waals surface area contributed by atoms with Gasteiger partial charge in [-0.15, -0.1) is 0 Å². The maximum atomic E-state index is 11.9. The number of nitrogens with zero attached hydrogens (tertiary/aromatic N) is 1. The molecule has 0 aliphatic carbocycles. The summed E-state index contributed by atoms with van der Waals surface area (Å²) in [4.78, 5) is 11.9. The average Bonchev–Trinajstić information content (AvgIpc) is 2.64. The number of amides is 1. The van der Waals surface area contributed by atoms with Crippen molar-refractivity contribution in [3.05, 3.63) is 57.1 Å². The average molecular weight is 409 g/mol. The van der Waals surface area contributed by atoms with Crippen LogP contribution in [0.5, 0.6) is 11.5 Å². The van der Waals surface area contributed by atoms with Crippen molar-refractivity contribution >= 4 is 35.3 Å². The maximum absolute atomic E-state index is 11.9. The van der Waals surface area contributed by atoms with Crippen molar-refractivity contribution < 1.29 is 14.3 Å². The van der Waals surface area contributed by atoms with Crippen LogP contribution in [-0.4, -0.2) is 25.8 Å². The molecule has 0 heterocycles. The van der Waals surface area contributed by atoms with E-state index < -0.39 is 0 Å². The molecule has 27 heavy (non-hydrogen) atoms. The minimum Gasteiger partial charge on any atom is -0.496 e. The second-order valence-corrected chi connectivity index (χ2v) is 6.77. The summed E-state index contributed by atoms with van der Waals surface area (Å²) in [6.45, 7) is 4.34. The van der Waals surface area contributed by atoms with Gasteiger partial charge in [0.1, 0.15) is 11.5 Å². The minimum absolute atomic E-state index is 0.181. The molecular weight excluding hydrogens is 387 g/mol. The fourth-order valence-electron chi connectivity index (χ4n) is 2.41. The largest absolute Gasteiger partial charge is 0.496 e. The number of nitrogens with one attached hydrogen (secondary N) is 1. The van der Waals surface area contributed by atoms with E-state index in [1.54, 1.807) is 31.5 Å². The number of hydrogen-bond acceptors (Lipinski definition) is 4.